The molecule has 23 nitrogen and oxygen atoms in total. The maximum atomic E-state index is 14.6. The number of esters is 1. The van der Waals surface area contributed by atoms with Crippen LogP contribution in [0.5, 0.6) is 11.6 Å². The number of sulfonamides is 1. The summed E-state index contributed by atoms with van der Waals surface area (Å²) in [6.07, 6.45) is 10.5. The summed E-state index contributed by atoms with van der Waals surface area (Å²) in [5.74, 6) is 0.146. The molecule has 0 spiro atoms. The molecule has 6 aromatic heterocycles. The highest BCUT2D eigenvalue weighted by Crippen LogP contribution is 2.66. The summed E-state index contributed by atoms with van der Waals surface area (Å²) >= 11 is 0. The van der Waals surface area contributed by atoms with Gasteiger partial charge in [0.15, 0.2) is 26.6 Å². The number of anilines is 3. The Bertz CT molecular complexity index is 5320. The van der Waals surface area contributed by atoms with Gasteiger partial charge >= 0.3 is 5.97 Å². The molecular formula is C88H109FN10O13S3. The maximum absolute atomic E-state index is 14.6. The molecular weight excluding hydrogens is 1520 g/mol. The fourth-order valence-electron chi connectivity index (χ4n) is 17.4. The van der Waals surface area contributed by atoms with E-state index in [1.807, 2.05) is 19.9 Å². The molecule has 13 rings (SSSR count). The number of ether oxygens (including phenoxy) is 3. The van der Waals surface area contributed by atoms with Crippen molar-refractivity contribution in [2.75, 3.05) is 59.1 Å². The molecule has 7 unspecified atom stereocenters. The van der Waals surface area contributed by atoms with Crippen LogP contribution in [-0.2, 0) is 40.9 Å². The average molecular weight is 1630 g/mol. The number of ketones is 2. The standard InChI is InChI=1S/C30H37FN4O4S.C29H33N3O5S.C29H39N3O4S/c1-7-30(6)16-20(4)17-35(30)28-25(29(36)34-40(37,38)27-10-8-9-21(5)32-27)11-12-26(33-28)22-13-23(31)15-24(14-22)39-18-19(2)3;1-5-37-28(34)22-10-6-9-21(15-22)16-23-11-7-13-26(31-23)38(35,36)19-25(33)24-12-8-14-30-27(24)32-18-20(2)17-29(32,3)4;1-19-16-27(2,3)32(17-19)26-21(9-8-14-30-26)22(33)18-37(34,35)25-11-7-10-24(31-25)36-23-15-20-12-13-29(23,6)28(20,4)5/h8-15,19-20H,7,16-18H2,1-6H3,(H,34,36);6-15,20H,5,16-19H2,1-4H3;7-11,14,19-20,23H,12-13,15-18H2,1-6H3. The van der Waals surface area contributed by atoms with Crippen LogP contribution in [0.15, 0.2) is 161 Å². The minimum Gasteiger partial charge on any atom is -0.493 e. The molecule has 2 saturated carbocycles. The maximum Gasteiger partial charge on any atom is 0.338 e. The zero-order chi connectivity index (χ0) is 83.5. The van der Waals surface area contributed by atoms with E-state index in [1.54, 1.807) is 123 Å². The van der Waals surface area contributed by atoms with E-state index < -0.39 is 70.5 Å². The lowest BCUT2D eigenvalue weighted by atomic mass is 9.70. The second kappa shape index (κ2) is 34.3. The Kier molecular flexibility index (Phi) is 25.7. The number of hydrogen-bond donors (Lipinski definition) is 1. The fraction of sp³-hybridized carbons (Fsp3) is 0.477. The van der Waals surface area contributed by atoms with Crippen LogP contribution in [0.1, 0.15) is 207 Å². The summed E-state index contributed by atoms with van der Waals surface area (Å²) < 4.78 is 113. The van der Waals surface area contributed by atoms with E-state index in [9.17, 15) is 48.8 Å². The highest BCUT2D eigenvalue weighted by atomic mass is 32.2. The Balaban J connectivity index is 0.000000170. The van der Waals surface area contributed by atoms with Crippen molar-refractivity contribution in [1.82, 2.24) is 34.6 Å². The van der Waals surface area contributed by atoms with Crippen LogP contribution in [0.3, 0.4) is 0 Å². The number of nitrogens with zero attached hydrogens (tertiary/aromatic N) is 9. The molecule has 2 aliphatic carbocycles. The third-order valence-electron chi connectivity index (χ3n) is 23.6. The first-order valence-electron chi connectivity index (χ1n) is 39.6. The number of nitrogens with one attached hydrogen (secondary N) is 1. The fourth-order valence-corrected chi connectivity index (χ4v) is 20.7. The Morgan fingerprint density at radius 1 is 0.609 bits per heavy atom. The second-order valence-corrected chi connectivity index (χ2v) is 39.9. The number of rotatable bonds is 25. The molecule has 3 aliphatic heterocycles. The predicted octanol–water partition coefficient (Wildman–Crippen LogP) is 15.6. The van der Waals surface area contributed by atoms with Crippen molar-refractivity contribution in [3.05, 3.63) is 191 Å². The molecule has 8 aromatic rings. The summed E-state index contributed by atoms with van der Waals surface area (Å²) in [4.78, 5) is 85.1. The zero-order valence-corrected chi connectivity index (χ0v) is 71.3. The van der Waals surface area contributed by atoms with Gasteiger partial charge in [-0.2, -0.15) is 8.42 Å². The van der Waals surface area contributed by atoms with Gasteiger partial charge in [0.05, 0.1) is 41.2 Å². The molecule has 9 heterocycles. The number of aromatic nitrogens is 6. The summed E-state index contributed by atoms with van der Waals surface area (Å²) in [6, 6.07) is 35.2. The number of carbonyl (C=O) groups excluding carboxylic acids is 4. The molecule has 1 N–H and O–H groups in total. The molecule has 7 atom stereocenters. The molecule has 3 saturated heterocycles. The first kappa shape index (κ1) is 86.3. The van der Waals surface area contributed by atoms with Gasteiger partial charge in [-0.3, -0.25) is 14.4 Å². The lowest BCUT2D eigenvalue weighted by Gasteiger charge is -2.38. The topological polar surface area (TPSA) is 297 Å². The first-order chi connectivity index (χ1) is 54.0. The van der Waals surface area contributed by atoms with Gasteiger partial charge in [0.2, 0.25) is 25.6 Å². The van der Waals surface area contributed by atoms with Gasteiger partial charge in [0.25, 0.3) is 15.9 Å². The number of benzene rings is 2. The van der Waals surface area contributed by atoms with E-state index in [4.69, 9.17) is 19.2 Å². The normalized spacial score (nSPS) is 21.9. The van der Waals surface area contributed by atoms with Crippen molar-refractivity contribution >= 4 is 70.6 Å². The van der Waals surface area contributed by atoms with E-state index in [2.05, 4.69) is 127 Å². The lowest BCUT2D eigenvalue weighted by Crippen LogP contribution is -2.43. The Hall–Kier alpha value is -9.60. The number of pyridine rings is 6. The van der Waals surface area contributed by atoms with E-state index in [-0.39, 0.29) is 66.7 Å². The number of hydrogen-bond acceptors (Lipinski definition) is 22. The first-order valence-corrected chi connectivity index (χ1v) is 44.4. The smallest absolute Gasteiger partial charge is 0.338 e. The molecule has 2 bridgehead atoms. The number of aryl methyl sites for hydroxylation is 1. The molecule has 2 aromatic carbocycles. The van der Waals surface area contributed by atoms with Gasteiger partial charge in [-0.25, -0.2) is 60.6 Å². The van der Waals surface area contributed by atoms with Crippen LogP contribution >= 0.6 is 0 Å². The number of fused-ring (bicyclic) bond motifs is 2. The Morgan fingerprint density at radius 2 is 1.18 bits per heavy atom. The average Bonchev–Trinajstić information content (AvgIpc) is 1.56. The molecule has 0 radical (unpaired) electrons. The number of amides is 1. The zero-order valence-electron chi connectivity index (χ0n) is 68.9. The van der Waals surface area contributed by atoms with Gasteiger partial charge in [-0.1, -0.05) is 92.6 Å². The number of Topliss-reactive ketones (excluding diaryl/α,β-unsaturated/α-hetero) is 2. The van der Waals surface area contributed by atoms with Crippen LogP contribution in [-0.4, -0.2) is 146 Å². The van der Waals surface area contributed by atoms with Crippen molar-refractivity contribution in [1.29, 1.82) is 0 Å². The van der Waals surface area contributed by atoms with Crippen LogP contribution in [0.25, 0.3) is 11.3 Å². The largest absolute Gasteiger partial charge is 0.493 e. The van der Waals surface area contributed by atoms with E-state index in [0.717, 1.165) is 57.2 Å². The number of carbonyl (C=O) groups is 4. The highest BCUT2D eigenvalue weighted by Gasteiger charge is 2.63. The minimum absolute atomic E-state index is 0.00232. The molecule has 1 amide bonds. The van der Waals surface area contributed by atoms with Crippen molar-refractivity contribution < 1.29 is 63.0 Å². The monoisotopic (exact) mass is 1630 g/mol. The second-order valence-electron chi connectivity index (χ2n) is 34.4. The third-order valence-corrected chi connectivity index (χ3v) is 27.8. The minimum atomic E-state index is -4.23. The van der Waals surface area contributed by atoms with E-state index in [0.29, 0.717) is 112 Å². The van der Waals surface area contributed by atoms with E-state index >= 15 is 0 Å². The summed E-state index contributed by atoms with van der Waals surface area (Å²) in [7, 11) is -12.2. The van der Waals surface area contributed by atoms with Gasteiger partial charge in [0, 0.05) is 89.6 Å². The molecule has 27 heteroatoms. The van der Waals surface area contributed by atoms with Crippen LogP contribution < -0.4 is 28.9 Å². The number of halogens is 1. The van der Waals surface area contributed by atoms with Crippen LogP contribution in [0.2, 0.25) is 0 Å². The van der Waals surface area contributed by atoms with Crippen LogP contribution in [0, 0.1) is 53.2 Å². The van der Waals surface area contributed by atoms with Crippen molar-refractivity contribution in [3.8, 4) is 22.9 Å². The van der Waals surface area contributed by atoms with Gasteiger partial charge < -0.3 is 28.9 Å². The highest BCUT2D eigenvalue weighted by molar-refractivity contribution is 7.92. The van der Waals surface area contributed by atoms with E-state index in [1.165, 1.54) is 36.8 Å². The third kappa shape index (κ3) is 19.4. The number of sulfone groups is 2. The van der Waals surface area contributed by atoms with Gasteiger partial charge in [-0.05, 0) is 225 Å². The van der Waals surface area contributed by atoms with Gasteiger partial charge in [0.1, 0.15) is 46.6 Å². The summed E-state index contributed by atoms with van der Waals surface area (Å²) in [5.41, 5.74) is 3.45. The quantitative estimate of drug-likeness (QED) is 0.0410. The summed E-state index contributed by atoms with van der Waals surface area (Å²) in [6.45, 7) is 36.3. The lowest BCUT2D eigenvalue weighted by molar-refractivity contribution is 0.0269. The molecule has 5 fully saturated rings. The SMILES string of the molecule is CC1CN(c2ncccc2C(=O)CS(=O)(=O)c2cccc(OC3CC4CCC3(C)C4(C)C)n2)C(C)(C)C1.CCC1(C)CC(C)CN1c1nc(-c2cc(F)cc(OCC(C)C)c2)ccc1C(=O)NS(=O)(=O)c1cccc(C)n1.CCOC(=O)c1cccc(Cc2cccc(S(=O)(=O)CC(=O)c3cccnc3N3CC(C)CC3(C)C)n2)c1. The van der Waals surface area contributed by atoms with Gasteiger partial charge in [-0.15, -0.1) is 0 Å². The molecule has 614 valence electrons. The van der Waals surface area contributed by atoms with Crippen molar-refractivity contribution in [2.24, 2.45) is 40.4 Å². The summed E-state index contributed by atoms with van der Waals surface area (Å²) in [5, 5.41) is -0.536. The molecule has 5 aliphatic rings. The van der Waals surface area contributed by atoms with Crippen LogP contribution in [0.4, 0.5) is 21.8 Å². The Morgan fingerprint density at radius 3 is 1.74 bits per heavy atom. The molecule has 115 heavy (non-hydrogen) atoms. The predicted molar refractivity (Wildman–Crippen MR) is 442 cm³/mol. The van der Waals surface area contributed by atoms with Crippen molar-refractivity contribution in [2.45, 2.75) is 200 Å². The Labute approximate surface area is 677 Å². The van der Waals surface area contributed by atoms with Crippen molar-refractivity contribution in [3.63, 3.8) is 0 Å².